The van der Waals surface area contributed by atoms with Gasteiger partial charge in [0.05, 0.1) is 0 Å². The van der Waals surface area contributed by atoms with Gasteiger partial charge in [0.1, 0.15) is 32.9 Å². The van der Waals surface area contributed by atoms with Gasteiger partial charge < -0.3 is 14.6 Å². The fourth-order valence-corrected chi connectivity index (χ4v) is 4.36. The van der Waals surface area contributed by atoms with Crippen LogP contribution in [0.5, 0.6) is 5.75 Å². The lowest BCUT2D eigenvalue weighted by atomic mass is 10.1. The first-order chi connectivity index (χ1) is 14.4. The summed E-state index contributed by atoms with van der Waals surface area (Å²) in [6.07, 6.45) is 3.22. The molecular weight excluding hydrogens is 474 g/mol. The van der Waals surface area contributed by atoms with Gasteiger partial charge in [-0.3, -0.25) is 4.79 Å². The van der Waals surface area contributed by atoms with Crippen LogP contribution in [0.15, 0.2) is 56.3 Å². The van der Waals surface area contributed by atoms with Gasteiger partial charge in [0.2, 0.25) is 0 Å². The zero-order valence-corrected chi connectivity index (χ0v) is 17.3. The SMILES string of the molecule is O=C(O)c1cc(-c2ccc(/C=c3\sc4nc5cc(Br)cnc5n4c3=O)o2)ccc1O. The number of thiazole rings is 1. The summed E-state index contributed by atoms with van der Waals surface area (Å²) in [6.45, 7) is 0. The van der Waals surface area contributed by atoms with E-state index >= 15 is 0 Å². The topological polar surface area (TPSA) is 118 Å². The summed E-state index contributed by atoms with van der Waals surface area (Å²) >= 11 is 4.56. The highest BCUT2D eigenvalue weighted by molar-refractivity contribution is 9.10. The van der Waals surface area contributed by atoms with Crippen molar-refractivity contribution in [1.82, 2.24) is 14.4 Å². The zero-order valence-electron chi connectivity index (χ0n) is 14.9. The molecule has 5 aromatic rings. The highest BCUT2D eigenvalue weighted by Crippen LogP contribution is 2.28. The van der Waals surface area contributed by atoms with Crippen LogP contribution >= 0.6 is 27.3 Å². The van der Waals surface area contributed by atoms with Crippen LogP contribution < -0.4 is 10.1 Å². The molecule has 1 aromatic carbocycles. The summed E-state index contributed by atoms with van der Waals surface area (Å²) in [4.78, 5) is 33.3. The molecule has 4 aromatic heterocycles. The normalized spacial score (nSPS) is 12.2. The minimum Gasteiger partial charge on any atom is -0.507 e. The van der Waals surface area contributed by atoms with Crippen molar-refractivity contribution in [1.29, 1.82) is 0 Å². The number of carboxylic acids is 1. The molecule has 148 valence electrons. The second-order valence-electron chi connectivity index (χ2n) is 6.38. The molecule has 0 aliphatic heterocycles. The van der Waals surface area contributed by atoms with Gasteiger partial charge in [0.15, 0.2) is 10.6 Å². The van der Waals surface area contributed by atoms with Crippen LogP contribution in [-0.2, 0) is 0 Å². The monoisotopic (exact) mass is 483 g/mol. The van der Waals surface area contributed by atoms with Crippen molar-refractivity contribution in [2.45, 2.75) is 0 Å². The van der Waals surface area contributed by atoms with Crippen molar-refractivity contribution in [3.05, 3.63) is 73.3 Å². The second kappa shape index (κ2) is 6.78. The fraction of sp³-hybridized carbons (Fsp3) is 0. The Hall–Kier alpha value is -3.50. The third-order valence-electron chi connectivity index (χ3n) is 4.46. The number of carboxylic acid groups (broad SMARTS) is 1. The molecule has 8 nitrogen and oxygen atoms in total. The second-order valence-corrected chi connectivity index (χ2v) is 8.31. The van der Waals surface area contributed by atoms with Gasteiger partial charge in [0, 0.05) is 22.3 Å². The first-order valence-electron chi connectivity index (χ1n) is 8.55. The van der Waals surface area contributed by atoms with Gasteiger partial charge in [-0.15, -0.1) is 0 Å². The number of hydrogen-bond acceptors (Lipinski definition) is 7. The maximum atomic E-state index is 12.8. The molecule has 2 N–H and O–H groups in total. The summed E-state index contributed by atoms with van der Waals surface area (Å²) in [6, 6.07) is 9.32. The smallest absolute Gasteiger partial charge is 0.339 e. The Labute approximate surface area is 179 Å². The maximum Gasteiger partial charge on any atom is 0.339 e. The van der Waals surface area contributed by atoms with E-state index in [1.807, 2.05) is 0 Å². The average molecular weight is 484 g/mol. The average Bonchev–Trinajstić information content (AvgIpc) is 3.38. The summed E-state index contributed by atoms with van der Waals surface area (Å²) in [5, 5.41) is 18.8. The number of carbonyl (C=O) groups is 1. The number of imidazole rings is 1. The van der Waals surface area contributed by atoms with Crippen LogP contribution in [0.3, 0.4) is 0 Å². The predicted molar refractivity (Wildman–Crippen MR) is 114 cm³/mol. The number of aromatic carboxylic acids is 1. The molecule has 4 heterocycles. The van der Waals surface area contributed by atoms with E-state index in [2.05, 4.69) is 25.9 Å². The van der Waals surface area contributed by atoms with Crippen molar-refractivity contribution >= 4 is 55.4 Å². The Kier molecular flexibility index (Phi) is 4.19. The van der Waals surface area contributed by atoms with Gasteiger partial charge in [-0.25, -0.2) is 19.2 Å². The minimum atomic E-state index is -1.24. The van der Waals surface area contributed by atoms with E-state index in [1.54, 1.807) is 36.5 Å². The van der Waals surface area contributed by atoms with Crippen molar-refractivity contribution in [2.24, 2.45) is 0 Å². The van der Waals surface area contributed by atoms with Gasteiger partial charge in [0.25, 0.3) is 5.56 Å². The van der Waals surface area contributed by atoms with Crippen LogP contribution in [0, 0.1) is 0 Å². The first kappa shape index (κ1) is 18.5. The fourth-order valence-electron chi connectivity index (χ4n) is 3.09. The molecule has 10 heteroatoms. The van der Waals surface area contributed by atoms with Crippen molar-refractivity contribution in [3.8, 4) is 17.1 Å². The summed E-state index contributed by atoms with van der Waals surface area (Å²) in [5.74, 6) is -0.722. The molecule has 0 aliphatic rings. The van der Waals surface area contributed by atoms with E-state index in [4.69, 9.17) is 9.52 Å². The lowest BCUT2D eigenvalue weighted by Crippen LogP contribution is -2.22. The van der Waals surface area contributed by atoms with Crippen molar-refractivity contribution in [3.63, 3.8) is 0 Å². The molecule has 0 bridgehead atoms. The highest BCUT2D eigenvalue weighted by Gasteiger charge is 2.15. The van der Waals surface area contributed by atoms with E-state index in [-0.39, 0.29) is 16.9 Å². The summed E-state index contributed by atoms with van der Waals surface area (Å²) in [5.41, 5.74) is 1.14. The number of nitrogens with zero attached hydrogens (tertiary/aromatic N) is 3. The largest absolute Gasteiger partial charge is 0.507 e. The van der Waals surface area contributed by atoms with Crippen LogP contribution in [0.2, 0.25) is 0 Å². The number of benzene rings is 1. The van der Waals surface area contributed by atoms with E-state index in [0.29, 0.717) is 37.7 Å². The number of furan rings is 1. The van der Waals surface area contributed by atoms with E-state index in [9.17, 15) is 14.7 Å². The number of aromatic hydroxyl groups is 1. The van der Waals surface area contributed by atoms with Crippen LogP contribution in [0.1, 0.15) is 16.1 Å². The molecule has 0 radical (unpaired) electrons. The van der Waals surface area contributed by atoms with Crippen LogP contribution in [-0.4, -0.2) is 30.6 Å². The van der Waals surface area contributed by atoms with E-state index in [1.165, 1.54) is 27.9 Å². The molecule has 5 rings (SSSR count). The Bertz CT molecular complexity index is 1580. The van der Waals surface area contributed by atoms with Crippen molar-refractivity contribution < 1.29 is 19.4 Å². The third-order valence-corrected chi connectivity index (χ3v) is 5.86. The number of rotatable bonds is 3. The van der Waals surface area contributed by atoms with Crippen LogP contribution in [0.4, 0.5) is 0 Å². The lowest BCUT2D eigenvalue weighted by molar-refractivity contribution is 0.0694. The van der Waals surface area contributed by atoms with Gasteiger partial charge in [-0.2, -0.15) is 0 Å². The van der Waals surface area contributed by atoms with Gasteiger partial charge >= 0.3 is 5.97 Å². The Morgan fingerprint density at radius 1 is 1.23 bits per heavy atom. The quantitative estimate of drug-likeness (QED) is 0.404. The maximum absolute atomic E-state index is 12.8. The third kappa shape index (κ3) is 2.97. The Morgan fingerprint density at radius 2 is 2.07 bits per heavy atom. The molecule has 30 heavy (non-hydrogen) atoms. The number of halogens is 1. The predicted octanol–water partition coefficient (Wildman–Crippen LogP) is 3.28. The molecule has 0 saturated carbocycles. The zero-order chi connectivity index (χ0) is 21.0. The first-order valence-corrected chi connectivity index (χ1v) is 10.2. The highest BCUT2D eigenvalue weighted by atomic mass is 79.9. The van der Waals surface area contributed by atoms with Gasteiger partial charge in [-0.1, -0.05) is 11.3 Å². The Morgan fingerprint density at radius 3 is 2.87 bits per heavy atom. The molecule has 0 spiro atoms. The van der Waals surface area contributed by atoms with E-state index in [0.717, 1.165) is 4.47 Å². The van der Waals surface area contributed by atoms with E-state index < -0.39 is 5.97 Å². The molecule has 0 saturated heterocycles. The number of aromatic nitrogens is 3. The number of phenols is 1. The molecule has 0 amide bonds. The number of hydrogen-bond donors (Lipinski definition) is 2. The molecule has 0 atom stereocenters. The molecular formula is C20H10BrN3O5S. The number of fused-ring (bicyclic) bond motifs is 3. The van der Waals surface area contributed by atoms with Crippen molar-refractivity contribution in [2.75, 3.05) is 0 Å². The lowest BCUT2D eigenvalue weighted by Gasteiger charge is -2.02. The Balaban J connectivity index is 1.58. The molecule has 0 unspecified atom stereocenters. The minimum absolute atomic E-state index is 0.221. The molecule has 0 fully saturated rings. The number of pyridine rings is 1. The van der Waals surface area contributed by atoms with Crippen LogP contribution in [0.25, 0.3) is 33.5 Å². The summed E-state index contributed by atoms with van der Waals surface area (Å²) in [7, 11) is 0. The molecule has 0 aliphatic carbocycles. The standard InChI is InChI=1S/C20H10BrN3O5S/c21-10-6-13-17(22-8-10)24-18(26)16(30-20(24)23-13)7-11-2-4-15(29-11)9-1-3-14(25)12(5-9)19(27)28/h1-8,25H,(H,27,28)/b16-7-. The summed E-state index contributed by atoms with van der Waals surface area (Å²) < 4.78 is 8.44. The van der Waals surface area contributed by atoms with Gasteiger partial charge in [-0.05, 0) is 52.3 Å².